The summed E-state index contributed by atoms with van der Waals surface area (Å²) in [6.45, 7) is 0.240. The van der Waals surface area contributed by atoms with Crippen molar-refractivity contribution in [1.29, 1.82) is 0 Å². The Bertz CT molecular complexity index is 185. The van der Waals surface area contributed by atoms with Crippen molar-refractivity contribution in [2.45, 2.75) is 6.42 Å². The van der Waals surface area contributed by atoms with Crippen LogP contribution in [-0.2, 0) is 16.2 Å². The van der Waals surface area contributed by atoms with Crippen LogP contribution in [0.4, 0.5) is 0 Å². The number of aliphatic hydroxyl groups excluding tert-OH is 1. The summed E-state index contributed by atoms with van der Waals surface area (Å²) in [4.78, 5) is 8.08. The molecule has 0 aliphatic heterocycles. The van der Waals surface area contributed by atoms with Gasteiger partial charge in [-0.3, -0.25) is 0 Å². The molecule has 0 saturated carbocycles. The van der Waals surface area contributed by atoms with Gasteiger partial charge in [0.25, 0.3) is 0 Å². The summed E-state index contributed by atoms with van der Waals surface area (Å²) in [5.74, 6) is 0. The highest BCUT2D eigenvalue weighted by atomic mass is 17.2. The summed E-state index contributed by atoms with van der Waals surface area (Å²) in [7, 11) is 2.92. The lowest BCUT2D eigenvalue weighted by molar-refractivity contribution is -0.248. The Morgan fingerprint density at radius 1 is 1.08 bits per heavy atom. The van der Waals surface area contributed by atoms with Gasteiger partial charge >= 0.3 is 0 Å². The fraction of sp³-hybridized carbons (Fsp3) is 0.400. The SMILES string of the molecule is COOC.OCCc1ccccc1. The largest absolute Gasteiger partial charge is 0.396 e. The molecule has 0 saturated heterocycles. The van der Waals surface area contributed by atoms with Crippen molar-refractivity contribution in [2.24, 2.45) is 0 Å². The van der Waals surface area contributed by atoms with Crippen LogP contribution in [0, 0.1) is 0 Å². The van der Waals surface area contributed by atoms with Gasteiger partial charge in [-0.15, -0.1) is 0 Å². The lowest BCUT2D eigenvalue weighted by Gasteiger charge is -1.93. The molecule has 0 aromatic heterocycles. The minimum Gasteiger partial charge on any atom is -0.396 e. The van der Waals surface area contributed by atoms with E-state index >= 15 is 0 Å². The highest BCUT2D eigenvalue weighted by Gasteiger charge is 1.85. The molecule has 13 heavy (non-hydrogen) atoms. The monoisotopic (exact) mass is 184 g/mol. The topological polar surface area (TPSA) is 38.7 Å². The van der Waals surface area contributed by atoms with E-state index in [9.17, 15) is 0 Å². The predicted octanol–water partition coefficient (Wildman–Crippen LogP) is 1.42. The lowest BCUT2D eigenvalue weighted by Crippen LogP contribution is -1.88. The van der Waals surface area contributed by atoms with Crippen LogP contribution in [0.15, 0.2) is 30.3 Å². The van der Waals surface area contributed by atoms with Gasteiger partial charge in [0.1, 0.15) is 0 Å². The Morgan fingerprint density at radius 3 is 2.00 bits per heavy atom. The number of hydrogen-bond acceptors (Lipinski definition) is 3. The van der Waals surface area contributed by atoms with Gasteiger partial charge < -0.3 is 5.11 Å². The van der Waals surface area contributed by atoms with Crippen molar-refractivity contribution in [1.82, 2.24) is 0 Å². The molecule has 3 nitrogen and oxygen atoms in total. The van der Waals surface area contributed by atoms with Crippen molar-refractivity contribution < 1.29 is 14.9 Å². The van der Waals surface area contributed by atoms with Crippen molar-refractivity contribution in [2.75, 3.05) is 20.8 Å². The fourth-order valence-electron chi connectivity index (χ4n) is 0.774. The van der Waals surface area contributed by atoms with Gasteiger partial charge in [-0.2, -0.15) is 0 Å². The molecule has 0 atom stereocenters. The van der Waals surface area contributed by atoms with Crippen LogP contribution >= 0.6 is 0 Å². The molecule has 0 unspecified atom stereocenters. The Kier molecular flexibility index (Phi) is 8.55. The van der Waals surface area contributed by atoms with Gasteiger partial charge in [-0.05, 0) is 12.0 Å². The highest BCUT2D eigenvalue weighted by molar-refractivity contribution is 5.14. The Hall–Kier alpha value is -0.900. The van der Waals surface area contributed by atoms with E-state index in [2.05, 4.69) is 9.78 Å². The van der Waals surface area contributed by atoms with E-state index in [1.165, 1.54) is 19.8 Å². The van der Waals surface area contributed by atoms with Crippen LogP contribution in [0.2, 0.25) is 0 Å². The van der Waals surface area contributed by atoms with E-state index in [-0.39, 0.29) is 6.61 Å². The third-order valence-electron chi connectivity index (χ3n) is 1.41. The highest BCUT2D eigenvalue weighted by Crippen LogP contribution is 1.97. The molecule has 3 heteroatoms. The van der Waals surface area contributed by atoms with E-state index in [4.69, 9.17) is 5.11 Å². The summed E-state index contributed by atoms with van der Waals surface area (Å²) in [5.41, 5.74) is 1.19. The molecule has 1 aromatic rings. The normalized spacial score (nSPS) is 8.85. The second-order valence-electron chi connectivity index (χ2n) is 2.29. The van der Waals surface area contributed by atoms with Gasteiger partial charge in [0.2, 0.25) is 0 Å². The molecule has 0 heterocycles. The molecule has 0 radical (unpaired) electrons. The van der Waals surface area contributed by atoms with Gasteiger partial charge in [-0.1, -0.05) is 30.3 Å². The zero-order valence-electron chi connectivity index (χ0n) is 8.06. The van der Waals surface area contributed by atoms with Crippen molar-refractivity contribution >= 4 is 0 Å². The summed E-state index contributed by atoms with van der Waals surface area (Å²) in [6, 6.07) is 9.95. The van der Waals surface area contributed by atoms with Gasteiger partial charge in [0.15, 0.2) is 0 Å². The van der Waals surface area contributed by atoms with E-state index in [1.807, 2.05) is 30.3 Å². The average Bonchev–Trinajstić information content (AvgIpc) is 2.20. The molecule has 0 bridgehead atoms. The van der Waals surface area contributed by atoms with E-state index < -0.39 is 0 Å². The summed E-state index contributed by atoms with van der Waals surface area (Å²) in [6.07, 6.45) is 0.765. The first-order valence-electron chi connectivity index (χ1n) is 4.06. The summed E-state index contributed by atoms with van der Waals surface area (Å²) in [5, 5.41) is 8.52. The maximum Gasteiger partial charge on any atom is 0.0712 e. The standard InChI is InChI=1S/C8H10O.C2H6O2/c9-7-6-8-4-2-1-3-5-8;1-3-4-2/h1-5,9H,6-7H2;1-2H3. The molecule has 0 aliphatic rings. The Labute approximate surface area is 78.8 Å². The first kappa shape index (κ1) is 12.1. The number of hydrogen-bond donors (Lipinski definition) is 1. The first-order chi connectivity index (χ1) is 6.35. The molecule has 0 aliphatic carbocycles. The van der Waals surface area contributed by atoms with Crippen LogP contribution in [-0.4, -0.2) is 25.9 Å². The molecule has 0 spiro atoms. The first-order valence-corrected chi connectivity index (χ1v) is 4.06. The third kappa shape index (κ3) is 7.46. The van der Waals surface area contributed by atoms with Crippen LogP contribution in [0.5, 0.6) is 0 Å². The Morgan fingerprint density at radius 2 is 1.62 bits per heavy atom. The molecule has 1 aromatic carbocycles. The van der Waals surface area contributed by atoms with Crippen molar-refractivity contribution in [3.63, 3.8) is 0 Å². The van der Waals surface area contributed by atoms with Gasteiger partial charge in [-0.25, -0.2) is 9.78 Å². The van der Waals surface area contributed by atoms with Gasteiger partial charge in [0, 0.05) is 6.61 Å². The Balaban J connectivity index is 0.000000310. The van der Waals surface area contributed by atoms with Crippen molar-refractivity contribution in [3.8, 4) is 0 Å². The predicted molar refractivity (Wildman–Crippen MR) is 51.2 cm³/mol. The minimum absolute atomic E-state index is 0.240. The molecule has 1 N–H and O–H groups in total. The van der Waals surface area contributed by atoms with E-state index in [0.717, 1.165) is 6.42 Å². The van der Waals surface area contributed by atoms with Crippen LogP contribution < -0.4 is 0 Å². The van der Waals surface area contributed by atoms with E-state index in [0.29, 0.717) is 0 Å². The molecular formula is C10H16O3. The third-order valence-corrected chi connectivity index (χ3v) is 1.41. The van der Waals surface area contributed by atoms with Crippen LogP contribution in [0.3, 0.4) is 0 Å². The van der Waals surface area contributed by atoms with Crippen molar-refractivity contribution in [3.05, 3.63) is 35.9 Å². The van der Waals surface area contributed by atoms with Crippen LogP contribution in [0.25, 0.3) is 0 Å². The molecule has 1 rings (SSSR count). The second kappa shape index (κ2) is 9.19. The molecule has 0 fully saturated rings. The summed E-state index contributed by atoms with van der Waals surface area (Å²) < 4.78 is 0. The smallest absolute Gasteiger partial charge is 0.0712 e. The van der Waals surface area contributed by atoms with Crippen LogP contribution in [0.1, 0.15) is 5.56 Å². The number of aliphatic hydroxyl groups is 1. The molecule has 74 valence electrons. The zero-order chi connectivity index (χ0) is 9.94. The second-order valence-corrected chi connectivity index (χ2v) is 2.29. The maximum absolute atomic E-state index is 8.52. The van der Waals surface area contributed by atoms with Gasteiger partial charge in [0.05, 0.1) is 14.2 Å². The zero-order valence-corrected chi connectivity index (χ0v) is 8.06. The average molecular weight is 184 g/mol. The molecular weight excluding hydrogens is 168 g/mol. The minimum atomic E-state index is 0.240. The number of rotatable bonds is 3. The fourth-order valence-corrected chi connectivity index (χ4v) is 0.774. The van der Waals surface area contributed by atoms with E-state index in [1.54, 1.807) is 0 Å². The molecule has 0 amide bonds. The maximum atomic E-state index is 8.52. The summed E-state index contributed by atoms with van der Waals surface area (Å²) >= 11 is 0. The lowest BCUT2D eigenvalue weighted by atomic mass is 10.2. The quantitative estimate of drug-likeness (QED) is 0.570. The number of benzene rings is 1.